The number of halogens is 2. The van der Waals surface area contributed by atoms with E-state index in [1.807, 2.05) is 51.1 Å². The van der Waals surface area contributed by atoms with Gasteiger partial charge in [-0.2, -0.15) is 0 Å². The number of hydrogen-bond acceptors (Lipinski definition) is 8. The van der Waals surface area contributed by atoms with Crippen LogP contribution in [0.15, 0.2) is 54.6 Å². The number of ether oxygens (including phenoxy) is 4. The summed E-state index contributed by atoms with van der Waals surface area (Å²) in [6.07, 6.45) is 1.14. The van der Waals surface area contributed by atoms with Gasteiger partial charge in [-0.25, -0.2) is 9.18 Å². The summed E-state index contributed by atoms with van der Waals surface area (Å²) >= 11 is 6.08. The van der Waals surface area contributed by atoms with Crippen LogP contribution in [0.1, 0.15) is 64.7 Å². The van der Waals surface area contributed by atoms with Crippen LogP contribution in [-0.2, 0) is 39.8 Å². The summed E-state index contributed by atoms with van der Waals surface area (Å²) in [5, 5.41) is 2.83. The summed E-state index contributed by atoms with van der Waals surface area (Å²) < 4.78 is 36.7. The smallest absolute Gasteiger partial charge is 0.347 e. The van der Waals surface area contributed by atoms with E-state index in [9.17, 15) is 23.6 Å². The minimum atomic E-state index is -1.19. The van der Waals surface area contributed by atoms with Gasteiger partial charge in [0.1, 0.15) is 12.2 Å². The molecule has 0 spiro atoms. The molecule has 7 atom stereocenters. The Morgan fingerprint density at radius 3 is 2.31 bits per heavy atom. The lowest BCUT2D eigenvalue weighted by Crippen LogP contribution is -2.40. The van der Waals surface area contributed by atoms with Gasteiger partial charge < -0.3 is 30.0 Å². The third-order valence-corrected chi connectivity index (χ3v) is 8.40. The minimum Gasteiger partial charge on any atom is -0.492 e. The molecule has 0 bridgehead atoms. The fraction of sp³-hybridized carbons (Fsp3) is 0.500. The van der Waals surface area contributed by atoms with Crippen molar-refractivity contribution in [1.82, 2.24) is 5.32 Å². The van der Waals surface area contributed by atoms with Crippen molar-refractivity contribution in [2.24, 2.45) is 29.4 Å². The van der Waals surface area contributed by atoms with Crippen molar-refractivity contribution in [3.8, 4) is 5.75 Å². The molecule has 2 amide bonds. The molecule has 262 valence electrons. The van der Waals surface area contributed by atoms with Gasteiger partial charge in [0.2, 0.25) is 11.8 Å². The standard InChI is InChI=1S/C36H46ClFN2O8/c1-20(2)15-29(36(44)46-28(13-10-14-30(39)41)23(5)31-32(48-31)25-11-8-7-9-12-25)47-35(43)22(4)19-40-34(42)21(3)16-24-17-26(37)33(45-6)27(38)18-24/h7-12,14,17-18,20-23,28-29,31-32H,13,15-16,19H2,1-6H3,(H2,39,41)(H,40,42)/b14-10+/t21-,22-,23+,28+,29+,31-,32-/m1/s1. The van der Waals surface area contributed by atoms with Crippen LogP contribution < -0.4 is 15.8 Å². The second-order valence-electron chi connectivity index (χ2n) is 12.7. The maximum absolute atomic E-state index is 14.2. The Bertz CT molecular complexity index is 1430. The predicted octanol–water partition coefficient (Wildman–Crippen LogP) is 5.50. The van der Waals surface area contributed by atoms with Crippen LogP contribution in [0.5, 0.6) is 5.75 Å². The van der Waals surface area contributed by atoms with Crippen molar-refractivity contribution >= 4 is 35.4 Å². The van der Waals surface area contributed by atoms with E-state index < -0.39 is 47.7 Å². The first-order valence-corrected chi connectivity index (χ1v) is 16.5. The van der Waals surface area contributed by atoms with Gasteiger partial charge in [-0.3, -0.25) is 14.4 Å². The zero-order valence-electron chi connectivity index (χ0n) is 28.2. The van der Waals surface area contributed by atoms with Gasteiger partial charge in [-0.15, -0.1) is 0 Å². The van der Waals surface area contributed by atoms with E-state index in [-0.39, 0.29) is 66.5 Å². The number of primary amides is 1. The normalized spacial score (nSPS) is 18.8. The molecular formula is C36H46ClFN2O8. The van der Waals surface area contributed by atoms with Gasteiger partial charge in [0, 0.05) is 24.8 Å². The molecule has 0 saturated carbocycles. The van der Waals surface area contributed by atoms with E-state index in [0.29, 0.717) is 5.56 Å². The lowest BCUT2D eigenvalue weighted by molar-refractivity contribution is -0.176. The summed E-state index contributed by atoms with van der Waals surface area (Å²) in [7, 11) is 1.32. The quantitative estimate of drug-likeness (QED) is 0.119. The molecule has 2 aromatic carbocycles. The largest absolute Gasteiger partial charge is 0.492 e. The first kappa shape index (κ1) is 38.5. The Morgan fingerprint density at radius 2 is 1.71 bits per heavy atom. The molecule has 1 aliphatic rings. The highest BCUT2D eigenvalue weighted by atomic mass is 35.5. The number of benzene rings is 2. The molecule has 48 heavy (non-hydrogen) atoms. The zero-order chi connectivity index (χ0) is 35.5. The highest BCUT2D eigenvalue weighted by molar-refractivity contribution is 6.32. The van der Waals surface area contributed by atoms with Crippen molar-refractivity contribution in [2.75, 3.05) is 13.7 Å². The Morgan fingerprint density at radius 1 is 1.02 bits per heavy atom. The van der Waals surface area contributed by atoms with E-state index in [0.717, 1.165) is 5.56 Å². The second kappa shape index (κ2) is 18.0. The third-order valence-electron chi connectivity index (χ3n) is 8.12. The molecule has 0 radical (unpaired) electrons. The van der Waals surface area contributed by atoms with E-state index in [1.54, 1.807) is 26.0 Å². The van der Waals surface area contributed by atoms with Crippen molar-refractivity contribution < 1.29 is 42.5 Å². The molecular weight excluding hydrogens is 643 g/mol. The zero-order valence-corrected chi connectivity index (χ0v) is 29.0. The molecule has 10 nitrogen and oxygen atoms in total. The molecule has 0 aliphatic carbocycles. The topological polar surface area (TPSA) is 147 Å². The van der Waals surface area contributed by atoms with Crippen LogP contribution in [0.3, 0.4) is 0 Å². The molecule has 0 aromatic heterocycles. The molecule has 3 N–H and O–H groups in total. The molecule has 2 aromatic rings. The maximum Gasteiger partial charge on any atom is 0.347 e. The predicted molar refractivity (Wildman–Crippen MR) is 178 cm³/mol. The number of carbonyl (C=O) groups is 4. The van der Waals surface area contributed by atoms with E-state index in [1.165, 1.54) is 19.3 Å². The number of rotatable bonds is 18. The monoisotopic (exact) mass is 688 g/mol. The van der Waals surface area contributed by atoms with Gasteiger partial charge in [-0.1, -0.05) is 82.6 Å². The first-order valence-electron chi connectivity index (χ1n) is 16.1. The van der Waals surface area contributed by atoms with Gasteiger partial charge in [-0.05, 0) is 48.1 Å². The first-order chi connectivity index (χ1) is 22.7. The van der Waals surface area contributed by atoms with E-state index in [4.69, 9.17) is 36.3 Å². The Hall–Kier alpha value is -3.96. The van der Waals surface area contributed by atoms with Gasteiger partial charge in [0.05, 0.1) is 24.2 Å². The number of esters is 2. The number of hydrogen-bond donors (Lipinski definition) is 2. The van der Waals surface area contributed by atoms with Gasteiger partial charge in [0.15, 0.2) is 17.7 Å². The van der Waals surface area contributed by atoms with Crippen LogP contribution in [0.2, 0.25) is 5.02 Å². The van der Waals surface area contributed by atoms with Crippen LogP contribution in [0.4, 0.5) is 4.39 Å². The lowest BCUT2D eigenvalue weighted by Gasteiger charge is -2.26. The van der Waals surface area contributed by atoms with Crippen molar-refractivity contribution in [2.45, 2.75) is 78.3 Å². The number of nitrogens with one attached hydrogen (secondary N) is 1. The summed E-state index contributed by atoms with van der Waals surface area (Å²) in [5.74, 6) is -4.67. The van der Waals surface area contributed by atoms with Crippen LogP contribution in [0.25, 0.3) is 0 Å². The molecule has 12 heteroatoms. The van der Waals surface area contributed by atoms with Crippen molar-refractivity contribution in [3.63, 3.8) is 0 Å². The summed E-state index contributed by atoms with van der Waals surface area (Å²) in [4.78, 5) is 50.7. The SMILES string of the molecule is COc1c(F)cc(C[C@@H](C)C(=O)NC[C@@H](C)C(=O)O[C@@H](CC(C)C)C(=O)O[C@@H](C/C=C/C(N)=O)[C@H](C)[C@H]2O[C@@H]2c2ccccc2)cc1Cl. The van der Waals surface area contributed by atoms with E-state index >= 15 is 0 Å². The van der Waals surface area contributed by atoms with E-state index in [2.05, 4.69) is 5.32 Å². The molecule has 1 aliphatic heterocycles. The maximum atomic E-state index is 14.2. The Labute approximate surface area is 286 Å². The molecule has 1 heterocycles. The summed E-state index contributed by atoms with van der Waals surface area (Å²) in [6, 6.07) is 12.5. The summed E-state index contributed by atoms with van der Waals surface area (Å²) in [5.41, 5.74) is 6.79. The van der Waals surface area contributed by atoms with Crippen LogP contribution >= 0.6 is 11.6 Å². The average Bonchev–Trinajstić information content (AvgIpc) is 3.83. The summed E-state index contributed by atoms with van der Waals surface area (Å²) in [6.45, 7) is 8.89. The third kappa shape index (κ3) is 11.3. The van der Waals surface area contributed by atoms with Crippen molar-refractivity contribution in [3.05, 3.63) is 76.6 Å². The van der Waals surface area contributed by atoms with Crippen LogP contribution in [-0.4, -0.2) is 55.7 Å². The average molecular weight is 689 g/mol. The number of carbonyl (C=O) groups excluding carboxylic acids is 4. The molecule has 0 unspecified atom stereocenters. The number of methoxy groups -OCH3 is 1. The Kier molecular flexibility index (Phi) is 14.4. The highest BCUT2D eigenvalue weighted by Crippen LogP contribution is 2.45. The molecule has 3 rings (SSSR count). The van der Waals surface area contributed by atoms with Crippen LogP contribution in [0, 0.1) is 29.5 Å². The van der Waals surface area contributed by atoms with Crippen molar-refractivity contribution in [1.29, 1.82) is 0 Å². The Balaban J connectivity index is 1.60. The van der Waals surface area contributed by atoms with Gasteiger partial charge in [0.25, 0.3) is 0 Å². The molecule has 1 saturated heterocycles. The highest BCUT2D eigenvalue weighted by Gasteiger charge is 2.47. The minimum absolute atomic E-state index is 0.0117. The second-order valence-corrected chi connectivity index (χ2v) is 13.1. The fourth-order valence-corrected chi connectivity index (χ4v) is 5.63. The fourth-order valence-electron chi connectivity index (χ4n) is 5.32. The molecule has 1 fully saturated rings. The number of epoxide rings is 1. The lowest BCUT2D eigenvalue weighted by atomic mass is 9.93. The number of amides is 2. The number of nitrogens with two attached hydrogens (primary N) is 1. The van der Waals surface area contributed by atoms with Gasteiger partial charge >= 0.3 is 11.9 Å².